The Labute approximate surface area is 144 Å². The normalized spacial score (nSPS) is 13.9. The number of anilines is 2. The molecular formula is C13H16F7N3O2S. The summed E-state index contributed by atoms with van der Waals surface area (Å²) in [6, 6.07) is 0. The topological polar surface area (TPSA) is 98.2 Å². The van der Waals surface area contributed by atoms with Crippen LogP contribution in [0.3, 0.4) is 0 Å². The second-order valence-electron chi connectivity index (χ2n) is 5.63. The average molecular weight is 411 g/mol. The molecule has 0 aromatic heterocycles. The molecule has 5 nitrogen and oxygen atoms in total. The predicted octanol–water partition coefficient (Wildman–Crippen LogP) is 2.89. The molecule has 0 aliphatic heterocycles. The van der Waals surface area contributed by atoms with Gasteiger partial charge in [0.25, 0.3) is 0 Å². The maximum atomic E-state index is 13.3. The zero-order valence-electron chi connectivity index (χ0n) is 13.7. The third-order valence-corrected chi connectivity index (χ3v) is 5.54. The first-order valence-electron chi connectivity index (χ1n) is 6.85. The number of nitrogen functional groups attached to an aromatic ring is 2. The minimum absolute atomic E-state index is 0.0825. The Hall–Kier alpha value is -1.76. The van der Waals surface area contributed by atoms with Crippen molar-refractivity contribution in [2.75, 3.05) is 18.0 Å². The maximum absolute atomic E-state index is 13.3. The first-order valence-corrected chi connectivity index (χ1v) is 8.33. The van der Waals surface area contributed by atoms with Crippen molar-refractivity contribution < 1.29 is 39.2 Å². The van der Waals surface area contributed by atoms with Crippen LogP contribution < -0.4 is 16.2 Å². The van der Waals surface area contributed by atoms with Crippen molar-refractivity contribution in [2.24, 2.45) is 0 Å². The summed E-state index contributed by atoms with van der Waals surface area (Å²) in [7, 11) is -4.91. The van der Waals surface area contributed by atoms with Crippen LogP contribution in [0.15, 0.2) is 4.90 Å². The molecule has 13 heteroatoms. The van der Waals surface area contributed by atoms with Crippen LogP contribution in [0.25, 0.3) is 0 Å². The van der Waals surface area contributed by atoms with Crippen LogP contribution >= 0.6 is 0 Å². The average Bonchev–Trinajstić information content (AvgIpc) is 2.48. The molecule has 5 N–H and O–H groups in total. The SMILES string of the molecule is Cc1c(N)c(C)c(S(=O)(=O)NCC(F)(F)C(F)(F)C(F)(F)F)c(C)c1N. The van der Waals surface area contributed by atoms with Crippen molar-refractivity contribution >= 4 is 21.4 Å². The minimum Gasteiger partial charge on any atom is -0.398 e. The van der Waals surface area contributed by atoms with Crippen LogP contribution in [0, 0.1) is 20.8 Å². The van der Waals surface area contributed by atoms with Crippen molar-refractivity contribution in [3.05, 3.63) is 16.7 Å². The lowest BCUT2D eigenvalue weighted by molar-refractivity contribution is -0.352. The number of nitrogens with one attached hydrogen (secondary N) is 1. The summed E-state index contributed by atoms with van der Waals surface area (Å²) in [6.07, 6.45) is -6.56. The highest BCUT2D eigenvalue weighted by molar-refractivity contribution is 7.89. The lowest BCUT2D eigenvalue weighted by atomic mass is 10.0. The Morgan fingerprint density at radius 1 is 0.846 bits per heavy atom. The second kappa shape index (κ2) is 6.44. The summed E-state index contributed by atoms with van der Waals surface area (Å²) in [6.45, 7) is 1.42. The Morgan fingerprint density at radius 3 is 1.58 bits per heavy atom. The van der Waals surface area contributed by atoms with E-state index in [1.807, 2.05) is 0 Å². The number of hydrogen-bond donors (Lipinski definition) is 3. The van der Waals surface area contributed by atoms with Crippen LogP contribution in [0.1, 0.15) is 16.7 Å². The number of rotatable bonds is 5. The van der Waals surface area contributed by atoms with E-state index in [4.69, 9.17) is 11.5 Å². The summed E-state index contributed by atoms with van der Waals surface area (Å²) >= 11 is 0. The highest BCUT2D eigenvalue weighted by Gasteiger charge is 2.72. The quantitative estimate of drug-likeness (QED) is 0.513. The van der Waals surface area contributed by atoms with E-state index in [0.717, 1.165) is 4.72 Å². The fourth-order valence-electron chi connectivity index (χ4n) is 2.21. The largest absolute Gasteiger partial charge is 0.459 e. The molecule has 0 unspecified atom stereocenters. The van der Waals surface area contributed by atoms with E-state index in [1.165, 1.54) is 20.8 Å². The summed E-state index contributed by atoms with van der Waals surface area (Å²) in [4.78, 5) is -0.663. The molecule has 0 heterocycles. The molecule has 0 saturated heterocycles. The van der Waals surface area contributed by atoms with Gasteiger partial charge in [0.2, 0.25) is 10.0 Å². The van der Waals surface area contributed by atoms with Crippen molar-refractivity contribution in [1.82, 2.24) is 4.72 Å². The molecule has 26 heavy (non-hydrogen) atoms. The molecule has 0 aliphatic rings. The van der Waals surface area contributed by atoms with Crippen LogP contribution in [-0.4, -0.2) is 33.0 Å². The zero-order chi connectivity index (χ0) is 20.9. The Balaban J connectivity index is 3.32. The van der Waals surface area contributed by atoms with Crippen LogP contribution in [0.4, 0.5) is 42.1 Å². The Bertz CT molecular complexity index is 791. The van der Waals surface area contributed by atoms with Crippen LogP contribution in [-0.2, 0) is 10.0 Å². The van der Waals surface area contributed by atoms with Crippen molar-refractivity contribution in [3.8, 4) is 0 Å². The molecule has 0 bridgehead atoms. The van der Waals surface area contributed by atoms with Crippen LogP contribution in [0.2, 0.25) is 0 Å². The fraction of sp³-hybridized carbons (Fsp3) is 0.538. The molecule has 1 aromatic rings. The predicted molar refractivity (Wildman–Crippen MR) is 80.6 cm³/mol. The number of sulfonamides is 1. The number of halogens is 7. The second-order valence-corrected chi connectivity index (χ2v) is 7.34. The first-order chi connectivity index (χ1) is 11.4. The number of alkyl halides is 7. The molecule has 1 rings (SSSR count). The number of nitrogens with two attached hydrogens (primary N) is 2. The zero-order valence-corrected chi connectivity index (χ0v) is 14.5. The molecular weight excluding hydrogens is 395 g/mol. The third-order valence-electron chi connectivity index (χ3n) is 3.87. The van der Waals surface area contributed by atoms with Gasteiger partial charge in [0.1, 0.15) is 0 Å². The van der Waals surface area contributed by atoms with Gasteiger partial charge >= 0.3 is 18.0 Å². The minimum atomic E-state index is -6.56. The van der Waals surface area contributed by atoms with Gasteiger partial charge in [-0.3, -0.25) is 0 Å². The number of hydrogen-bond acceptors (Lipinski definition) is 4. The van der Waals surface area contributed by atoms with Gasteiger partial charge in [-0.05, 0) is 37.5 Å². The Morgan fingerprint density at radius 2 is 1.23 bits per heavy atom. The van der Waals surface area contributed by atoms with E-state index >= 15 is 0 Å². The molecule has 0 spiro atoms. The molecule has 0 saturated carbocycles. The summed E-state index contributed by atoms with van der Waals surface area (Å²) in [5.41, 5.74) is 11.3. The van der Waals surface area contributed by atoms with E-state index in [2.05, 4.69) is 0 Å². The van der Waals surface area contributed by atoms with Crippen molar-refractivity contribution in [2.45, 2.75) is 43.7 Å². The molecule has 0 aliphatic carbocycles. The summed E-state index contributed by atoms with van der Waals surface area (Å²) in [5.74, 6) is -12.2. The highest BCUT2D eigenvalue weighted by atomic mass is 32.2. The monoisotopic (exact) mass is 411 g/mol. The summed E-state index contributed by atoms with van der Waals surface area (Å²) < 4.78 is 114. The van der Waals surface area contributed by atoms with E-state index in [0.29, 0.717) is 5.56 Å². The molecule has 0 fully saturated rings. The Kier molecular flexibility index (Phi) is 5.52. The van der Waals surface area contributed by atoms with Crippen molar-refractivity contribution in [1.29, 1.82) is 0 Å². The standard InChI is InChI=1S/C13H16F7N3O2S/c1-5-8(21)6(2)10(7(3)9(5)22)26(24,25)23-4-11(14,15)12(16,17)13(18,19)20/h23H,4,21-22H2,1-3H3. The van der Waals surface area contributed by atoms with Crippen molar-refractivity contribution in [3.63, 3.8) is 0 Å². The van der Waals surface area contributed by atoms with Gasteiger partial charge < -0.3 is 11.5 Å². The fourth-order valence-corrected chi connectivity index (χ4v) is 3.75. The van der Waals surface area contributed by atoms with Gasteiger partial charge in [0.15, 0.2) is 0 Å². The summed E-state index contributed by atoms with van der Waals surface area (Å²) in [5, 5.41) is 0. The third kappa shape index (κ3) is 3.54. The lowest BCUT2D eigenvalue weighted by Crippen LogP contribution is -2.56. The molecule has 150 valence electrons. The van der Waals surface area contributed by atoms with Gasteiger partial charge in [-0.25, -0.2) is 13.1 Å². The number of benzene rings is 1. The van der Waals surface area contributed by atoms with Gasteiger partial charge in [-0.15, -0.1) is 0 Å². The van der Waals surface area contributed by atoms with Gasteiger partial charge in [0.05, 0.1) is 11.4 Å². The van der Waals surface area contributed by atoms with Gasteiger partial charge in [-0.1, -0.05) is 0 Å². The van der Waals surface area contributed by atoms with E-state index in [9.17, 15) is 39.2 Å². The molecule has 0 atom stereocenters. The molecule has 1 aromatic carbocycles. The molecule has 0 radical (unpaired) electrons. The van der Waals surface area contributed by atoms with Crippen LogP contribution in [0.5, 0.6) is 0 Å². The van der Waals surface area contributed by atoms with Gasteiger partial charge in [0, 0.05) is 11.4 Å². The van der Waals surface area contributed by atoms with Gasteiger partial charge in [-0.2, -0.15) is 30.7 Å². The maximum Gasteiger partial charge on any atom is 0.459 e. The van der Waals surface area contributed by atoms with E-state index in [-0.39, 0.29) is 22.5 Å². The van der Waals surface area contributed by atoms with E-state index < -0.39 is 39.5 Å². The first kappa shape index (κ1) is 22.3. The van der Waals surface area contributed by atoms with E-state index in [1.54, 1.807) is 0 Å². The smallest absolute Gasteiger partial charge is 0.398 e. The highest BCUT2D eigenvalue weighted by Crippen LogP contribution is 2.46. The lowest BCUT2D eigenvalue weighted by Gasteiger charge is -2.28. The molecule has 0 amide bonds.